The summed E-state index contributed by atoms with van der Waals surface area (Å²) in [6, 6.07) is 3.92. The van der Waals surface area contributed by atoms with E-state index in [9.17, 15) is 0 Å². The van der Waals surface area contributed by atoms with Crippen LogP contribution in [-0.2, 0) is 19.4 Å². The molecule has 1 aromatic heterocycles. The van der Waals surface area contributed by atoms with Gasteiger partial charge in [0.25, 0.3) is 0 Å². The van der Waals surface area contributed by atoms with Crippen LogP contribution in [0.5, 0.6) is 0 Å². The standard InChI is InChI=1S/C8H15NO3Si/c1-10-13(11-2,12-3)8-9-6-4-5-7-9/h4-7H,8H2,1-3H3. The molecule has 0 radical (unpaired) electrons. The van der Waals surface area contributed by atoms with Crippen molar-refractivity contribution in [3.8, 4) is 0 Å². The first-order chi connectivity index (χ1) is 6.26. The molecule has 0 fully saturated rings. The van der Waals surface area contributed by atoms with Crippen LogP contribution >= 0.6 is 0 Å². The molecule has 1 heterocycles. The molecule has 0 atom stereocenters. The summed E-state index contributed by atoms with van der Waals surface area (Å²) in [6.07, 6.45) is 4.56. The highest BCUT2D eigenvalue weighted by molar-refractivity contribution is 6.59. The normalized spacial score (nSPS) is 11.9. The Morgan fingerprint density at radius 3 is 1.85 bits per heavy atom. The van der Waals surface area contributed by atoms with E-state index in [1.165, 1.54) is 0 Å². The van der Waals surface area contributed by atoms with Crippen molar-refractivity contribution in [3.05, 3.63) is 24.5 Å². The molecule has 1 rings (SSSR count). The van der Waals surface area contributed by atoms with Gasteiger partial charge in [0.05, 0.1) is 6.17 Å². The lowest BCUT2D eigenvalue weighted by Crippen LogP contribution is -2.47. The summed E-state index contributed by atoms with van der Waals surface area (Å²) in [5, 5.41) is 0. The third-order valence-electron chi connectivity index (χ3n) is 1.98. The molecule has 0 saturated heterocycles. The Morgan fingerprint density at radius 1 is 1.00 bits per heavy atom. The van der Waals surface area contributed by atoms with Gasteiger partial charge in [0.15, 0.2) is 0 Å². The smallest absolute Gasteiger partial charge is 0.376 e. The molecule has 4 nitrogen and oxygen atoms in total. The van der Waals surface area contributed by atoms with Gasteiger partial charge in [-0.2, -0.15) is 0 Å². The Hall–Kier alpha value is -0.623. The number of nitrogens with zero attached hydrogens (tertiary/aromatic N) is 1. The van der Waals surface area contributed by atoms with Crippen molar-refractivity contribution in [2.24, 2.45) is 0 Å². The van der Waals surface area contributed by atoms with Crippen molar-refractivity contribution in [2.45, 2.75) is 6.17 Å². The van der Waals surface area contributed by atoms with Crippen LogP contribution in [0.15, 0.2) is 24.5 Å². The lowest BCUT2D eigenvalue weighted by molar-refractivity contribution is 0.116. The first kappa shape index (κ1) is 10.5. The highest BCUT2D eigenvalue weighted by Gasteiger charge is 2.38. The molecule has 0 amide bonds. The lowest BCUT2D eigenvalue weighted by atomic mass is 10.7. The SMILES string of the molecule is CO[Si](Cn1cccc1)(OC)OC. The molecule has 0 spiro atoms. The van der Waals surface area contributed by atoms with Crippen molar-refractivity contribution in [1.29, 1.82) is 0 Å². The fourth-order valence-electron chi connectivity index (χ4n) is 1.14. The molecule has 74 valence electrons. The fraction of sp³-hybridized carbons (Fsp3) is 0.500. The van der Waals surface area contributed by atoms with Crippen LogP contribution in [0, 0.1) is 0 Å². The van der Waals surface area contributed by atoms with E-state index in [4.69, 9.17) is 13.3 Å². The zero-order chi connectivity index (χ0) is 9.73. The molecule has 0 unspecified atom stereocenters. The summed E-state index contributed by atoms with van der Waals surface area (Å²) in [5.41, 5.74) is 0. The maximum atomic E-state index is 5.28. The summed E-state index contributed by atoms with van der Waals surface area (Å²) in [7, 11) is 2.38. The van der Waals surface area contributed by atoms with Gasteiger partial charge in [-0.1, -0.05) is 0 Å². The average Bonchev–Trinajstić information content (AvgIpc) is 2.67. The zero-order valence-electron chi connectivity index (χ0n) is 8.19. The number of hydrogen-bond acceptors (Lipinski definition) is 3. The van der Waals surface area contributed by atoms with E-state index >= 15 is 0 Å². The van der Waals surface area contributed by atoms with Crippen molar-refractivity contribution < 1.29 is 13.3 Å². The quantitative estimate of drug-likeness (QED) is 0.664. The average molecular weight is 201 g/mol. The van der Waals surface area contributed by atoms with Crippen molar-refractivity contribution in [2.75, 3.05) is 21.3 Å². The summed E-state index contributed by atoms with van der Waals surface area (Å²) in [6.45, 7) is 0. The van der Waals surface area contributed by atoms with Crippen molar-refractivity contribution in [1.82, 2.24) is 4.57 Å². The molecule has 0 aliphatic heterocycles. The molecular formula is C8H15NO3Si. The van der Waals surface area contributed by atoms with Gasteiger partial charge < -0.3 is 17.8 Å². The third kappa shape index (κ3) is 2.41. The number of rotatable bonds is 5. The Kier molecular flexibility index (Phi) is 3.67. The minimum atomic E-state index is -2.46. The third-order valence-corrected chi connectivity index (χ3v) is 4.59. The highest BCUT2D eigenvalue weighted by atomic mass is 28.4. The van der Waals surface area contributed by atoms with Gasteiger partial charge in [0.1, 0.15) is 0 Å². The number of hydrogen-bond donors (Lipinski definition) is 0. The lowest BCUT2D eigenvalue weighted by Gasteiger charge is -2.24. The van der Waals surface area contributed by atoms with E-state index < -0.39 is 8.80 Å². The molecule has 0 saturated carbocycles. The fourth-order valence-corrected chi connectivity index (χ4v) is 2.69. The molecule has 0 bridgehead atoms. The second-order valence-corrected chi connectivity index (χ2v) is 5.56. The van der Waals surface area contributed by atoms with Crippen LogP contribution in [0.3, 0.4) is 0 Å². The molecule has 0 aliphatic rings. The van der Waals surface area contributed by atoms with Gasteiger partial charge in [-0.15, -0.1) is 0 Å². The minimum Gasteiger partial charge on any atom is -0.376 e. The molecule has 5 heteroatoms. The molecule has 13 heavy (non-hydrogen) atoms. The summed E-state index contributed by atoms with van der Waals surface area (Å²) in [5.74, 6) is 0. The topological polar surface area (TPSA) is 32.6 Å². The Morgan fingerprint density at radius 2 is 1.46 bits per heavy atom. The summed E-state index contributed by atoms with van der Waals surface area (Å²) >= 11 is 0. The Labute approximate surface area is 79.4 Å². The van der Waals surface area contributed by atoms with Crippen molar-refractivity contribution >= 4 is 8.80 Å². The molecule has 1 aromatic rings. The second-order valence-electron chi connectivity index (χ2n) is 2.65. The van der Waals surface area contributed by atoms with Crippen LogP contribution in [-0.4, -0.2) is 34.7 Å². The van der Waals surface area contributed by atoms with Gasteiger partial charge in [0.2, 0.25) is 0 Å². The van der Waals surface area contributed by atoms with E-state index in [1.54, 1.807) is 21.3 Å². The summed E-state index contributed by atoms with van der Waals surface area (Å²) in [4.78, 5) is 0. The van der Waals surface area contributed by atoms with Crippen LogP contribution in [0.1, 0.15) is 0 Å². The molecular weight excluding hydrogens is 186 g/mol. The van der Waals surface area contributed by atoms with Gasteiger partial charge in [-0.05, 0) is 12.1 Å². The van der Waals surface area contributed by atoms with Gasteiger partial charge in [0, 0.05) is 33.7 Å². The van der Waals surface area contributed by atoms with E-state index in [-0.39, 0.29) is 0 Å². The predicted molar refractivity (Wildman–Crippen MR) is 51.2 cm³/mol. The van der Waals surface area contributed by atoms with E-state index in [2.05, 4.69) is 0 Å². The van der Waals surface area contributed by atoms with Crippen LogP contribution < -0.4 is 0 Å². The minimum absolute atomic E-state index is 0.642. The first-order valence-electron chi connectivity index (χ1n) is 4.02. The predicted octanol–water partition coefficient (Wildman–Crippen LogP) is 0.905. The zero-order valence-corrected chi connectivity index (χ0v) is 9.19. The second kappa shape index (κ2) is 4.57. The Bertz CT molecular complexity index is 225. The van der Waals surface area contributed by atoms with Crippen molar-refractivity contribution in [3.63, 3.8) is 0 Å². The maximum Gasteiger partial charge on any atom is 0.520 e. The number of aromatic nitrogens is 1. The summed E-state index contributed by atoms with van der Waals surface area (Å²) < 4.78 is 17.8. The largest absolute Gasteiger partial charge is 0.520 e. The molecule has 0 aliphatic carbocycles. The van der Waals surface area contributed by atoms with Crippen LogP contribution in [0.25, 0.3) is 0 Å². The van der Waals surface area contributed by atoms with Gasteiger partial charge in [-0.3, -0.25) is 0 Å². The van der Waals surface area contributed by atoms with E-state index in [0.29, 0.717) is 6.17 Å². The van der Waals surface area contributed by atoms with E-state index in [0.717, 1.165) is 0 Å². The van der Waals surface area contributed by atoms with E-state index in [1.807, 2.05) is 29.1 Å². The van der Waals surface area contributed by atoms with Gasteiger partial charge >= 0.3 is 8.80 Å². The van der Waals surface area contributed by atoms with Gasteiger partial charge in [-0.25, -0.2) is 0 Å². The van der Waals surface area contributed by atoms with Crippen LogP contribution in [0.4, 0.5) is 0 Å². The first-order valence-corrected chi connectivity index (χ1v) is 5.96. The molecule has 0 N–H and O–H groups in total. The maximum absolute atomic E-state index is 5.28. The van der Waals surface area contributed by atoms with Crippen LogP contribution in [0.2, 0.25) is 0 Å². The highest BCUT2D eigenvalue weighted by Crippen LogP contribution is 2.09. The monoisotopic (exact) mass is 201 g/mol. The molecule has 0 aromatic carbocycles. The Balaban J connectivity index is 2.67.